The molecule has 2 aromatic rings. The van der Waals surface area contributed by atoms with Gasteiger partial charge in [-0.15, -0.1) is 0 Å². The molecule has 0 bridgehead atoms. The van der Waals surface area contributed by atoms with Gasteiger partial charge >= 0.3 is 0 Å². The average Bonchev–Trinajstić information content (AvgIpc) is 3.09. The van der Waals surface area contributed by atoms with Crippen LogP contribution in [-0.2, 0) is 9.47 Å². The maximum absolute atomic E-state index is 5.82. The molecule has 2 aromatic carbocycles. The monoisotopic (exact) mass is 311 g/mol. The van der Waals surface area contributed by atoms with E-state index in [4.69, 9.17) is 14.2 Å². The third-order valence-corrected chi connectivity index (χ3v) is 4.72. The normalized spacial score (nSPS) is 24.5. The summed E-state index contributed by atoms with van der Waals surface area (Å²) in [5.74, 6) is 1.31. The molecule has 2 atom stereocenters. The highest BCUT2D eigenvalue weighted by atomic mass is 16.7. The van der Waals surface area contributed by atoms with Crippen molar-refractivity contribution in [2.24, 2.45) is 0 Å². The summed E-state index contributed by atoms with van der Waals surface area (Å²) in [6.07, 6.45) is -0.156. The highest BCUT2D eigenvalue weighted by Crippen LogP contribution is 2.41. The van der Waals surface area contributed by atoms with Gasteiger partial charge in [0.1, 0.15) is 5.75 Å². The van der Waals surface area contributed by atoms with Crippen LogP contribution in [0.1, 0.15) is 11.5 Å². The Morgan fingerprint density at radius 3 is 2.30 bits per heavy atom. The van der Waals surface area contributed by atoms with Crippen molar-refractivity contribution in [3.8, 4) is 5.75 Å². The molecule has 4 rings (SSSR count). The lowest BCUT2D eigenvalue weighted by atomic mass is 9.81. The largest absolute Gasteiger partial charge is 0.497 e. The Kier molecular flexibility index (Phi) is 3.93. The smallest absolute Gasteiger partial charge is 0.178 e. The van der Waals surface area contributed by atoms with Crippen LogP contribution in [0.5, 0.6) is 5.75 Å². The average molecular weight is 311 g/mol. The number of benzene rings is 2. The Morgan fingerprint density at radius 2 is 1.65 bits per heavy atom. The van der Waals surface area contributed by atoms with E-state index in [1.807, 2.05) is 12.1 Å². The maximum Gasteiger partial charge on any atom is 0.178 e. The molecule has 2 fully saturated rings. The van der Waals surface area contributed by atoms with Crippen LogP contribution in [0.25, 0.3) is 0 Å². The van der Waals surface area contributed by atoms with Crippen molar-refractivity contribution in [1.29, 1.82) is 0 Å². The van der Waals surface area contributed by atoms with Crippen molar-refractivity contribution in [2.75, 3.05) is 31.8 Å². The molecule has 0 spiro atoms. The fourth-order valence-electron chi connectivity index (χ4n) is 3.49. The molecule has 2 heterocycles. The highest BCUT2D eigenvalue weighted by molar-refractivity contribution is 5.55. The minimum Gasteiger partial charge on any atom is -0.497 e. The number of methoxy groups -OCH3 is 1. The molecule has 0 amide bonds. The Labute approximate surface area is 136 Å². The number of ether oxygens (including phenoxy) is 3. The number of hydrogen-bond donors (Lipinski definition) is 0. The third kappa shape index (κ3) is 2.69. The molecule has 23 heavy (non-hydrogen) atoms. The van der Waals surface area contributed by atoms with Gasteiger partial charge in [0.15, 0.2) is 6.29 Å². The first-order valence-electron chi connectivity index (χ1n) is 8.05. The Hall–Kier alpha value is -2.04. The van der Waals surface area contributed by atoms with Crippen molar-refractivity contribution < 1.29 is 14.2 Å². The molecular formula is C19H21NO3. The van der Waals surface area contributed by atoms with Gasteiger partial charge in [-0.3, -0.25) is 0 Å². The minimum atomic E-state index is -0.156. The van der Waals surface area contributed by atoms with Crippen molar-refractivity contribution in [2.45, 2.75) is 18.2 Å². The first-order chi connectivity index (χ1) is 11.4. The standard InChI is InChI=1S/C19H21NO3/c1-21-16-9-7-15(8-10-16)20-13-17(14-5-3-2-4-6-14)18(20)19-22-11-12-23-19/h2-10,17-19H,11-13H2,1H3/t17-,18-/m1/s1. The van der Waals surface area contributed by atoms with Crippen LogP contribution in [0.4, 0.5) is 5.69 Å². The van der Waals surface area contributed by atoms with Crippen LogP contribution < -0.4 is 9.64 Å². The summed E-state index contributed by atoms with van der Waals surface area (Å²) in [6.45, 7) is 2.34. The molecule has 0 aromatic heterocycles. The summed E-state index contributed by atoms with van der Waals surface area (Å²) in [5.41, 5.74) is 2.53. The first kappa shape index (κ1) is 14.5. The topological polar surface area (TPSA) is 30.9 Å². The number of anilines is 1. The summed E-state index contributed by atoms with van der Waals surface area (Å²) < 4.78 is 16.9. The van der Waals surface area contributed by atoms with Gasteiger partial charge in [-0.25, -0.2) is 0 Å². The van der Waals surface area contributed by atoms with Crippen LogP contribution in [-0.4, -0.2) is 39.2 Å². The second kappa shape index (κ2) is 6.22. The molecular weight excluding hydrogens is 290 g/mol. The van der Waals surface area contributed by atoms with Gasteiger partial charge in [-0.1, -0.05) is 30.3 Å². The van der Waals surface area contributed by atoms with Crippen molar-refractivity contribution in [1.82, 2.24) is 0 Å². The van der Waals surface area contributed by atoms with Crippen LogP contribution >= 0.6 is 0 Å². The molecule has 0 radical (unpaired) electrons. The molecule has 4 heteroatoms. The van der Waals surface area contributed by atoms with E-state index < -0.39 is 0 Å². The van der Waals surface area contributed by atoms with Crippen molar-refractivity contribution in [3.05, 3.63) is 60.2 Å². The van der Waals surface area contributed by atoms with Gasteiger partial charge in [0.25, 0.3) is 0 Å². The lowest BCUT2D eigenvalue weighted by Crippen LogP contribution is -2.60. The van der Waals surface area contributed by atoms with E-state index in [1.165, 1.54) is 11.3 Å². The second-order valence-corrected chi connectivity index (χ2v) is 5.97. The highest BCUT2D eigenvalue weighted by Gasteiger charge is 2.47. The van der Waals surface area contributed by atoms with Gasteiger partial charge in [-0.05, 0) is 29.8 Å². The molecule has 2 aliphatic heterocycles. The third-order valence-electron chi connectivity index (χ3n) is 4.72. The molecule has 2 aliphatic rings. The van der Waals surface area contributed by atoms with E-state index in [2.05, 4.69) is 47.4 Å². The molecule has 0 aliphatic carbocycles. The van der Waals surface area contributed by atoms with Crippen molar-refractivity contribution in [3.63, 3.8) is 0 Å². The number of hydrogen-bond acceptors (Lipinski definition) is 4. The van der Waals surface area contributed by atoms with Gasteiger partial charge < -0.3 is 19.1 Å². The molecule has 4 nitrogen and oxygen atoms in total. The molecule has 0 saturated carbocycles. The van der Waals surface area contributed by atoms with E-state index in [9.17, 15) is 0 Å². The fraction of sp³-hybridized carbons (Fsp3) is 0.368. The maximum atomic E-state index is 5.82. The number of rotatable bonds is 4. The zero-order chi connectivity index (χ0) is 15.6. The second-order valence-electron chi connectivity index (χ2n) is 5.97. The summed E-state index contributed by atoms with van der Waals surface area (Å²) in [6, 6.07) is 19.0. The Morgan fingerprint density at radius 1 is 0.957 bits per heavy atom. The lowest BCUT2D eigenvalue weighted by molar-refractivity contribution is -0.0777. The quantitative estimate of drug-likeness (QED) is 0.868. The van der Waals surface area contributed by atoms with Gasteiger partial charge in [0.2, 0.25) is 0 Å². The van der Waals surface area contributed by atoms with E-state index in [-0.39, 0.29) is 12.3 Å². The van der Waals surface area contributed by atoms with Crippen LogP contribution in [0.2, 0.25) is 0 Å². The van der Waals surface area contributed by atoms with Gasteiger partial charge in [0.05, 0.1) is 26.4 Å². The number of nitrogens with zero attached hydrogens (tertiary/aromatic N) is 1. The fourth-order valence-corrected chi connectivity index (χ4v) is 3.49. The van der Waals surface area contributed by atoms with Crippen molar-refractivity contribution >= 4 is 5.69 Å². The predicted octanol–water partition coefficient (Wildman–Crippen LogP) is 3.04. The molecule has 2 saturated heterocycles. The zero-order valence-corrected chi connectivity index (χ0v) is 13.2. The zero-order valence-electron chi connectivity index (χ0n) is 13.2. The lowest BCUT2D eigenvalue weighted by Gasteiger charge is -2.51. The van der Waals surface area contributed by atoms with E-state index in [0.29, 0.717) is 19.1 Å². The first-order valence-corrected chi connectivity index (χ1v) is 8.05. The van der Waals surface area contributed by atoms with E-state index in [1.54, 1.807) is 7.11 Å². The van der Waals surface area contributed by atoms with Gasteiger partial charge in [0, 0.05) is 18.2 Å². The summed E-state index contributed by atoms with van der Waals surface area (Å²) in [5, 5.41) is 0. The SMILES string of the molecule is COc1ccc(N2C[C@H](c3ccccc3)[C@@H]2C2OCCO2)cc1. The minimum absolute atomic E-state index is 0.156. The summed E-state index contributed by atoms with van der Waals surface area (Å²) in [7, 11) is 1.69. The predicted molar refractivity (Wildman–Crippen MR) is 89.0 cm³/mol. The van der Waals surface area contributed by atoms with E-state index >= 15 is 0 Å². The molecule has 0 N–H and O–H groups in total. The van der Waals surface area contributed by atoms with Crippen LogP contribution in [0, 0.1) is 0 Å². The van der Waals surface area contributed by atoms with Gasteiger partial charge in [-0.2, -0.15) is 0 Å². The van der Waals surface area contributed by atoms with Crippen LogP contribution in [0.3, 0.4) is 0 Å². The summed E-state index contributed by atoms with van der Waals surface area (Å²) >= 11 is 0. The molecule has 0 unspecified atom stereocenters. The molecule has 120 valence electrons. The van der Waals surface area contributed by atoms with E-state index in [0.717, 1.165) is 12.3 Å². The Balaban J connectivity index is 1.59. The van der Waals surface area contributed by atoms with Crippen LogP contribution in [0.15, 0.2) is 54.6 Å². The summed E-state index contributed by atoms with van der Waals surface area (Å²) in [4.78, 5) is 2.37. The Bertz CT molecular complexity index is 637.